The summed E-state index contributed by atoms with van der Waals surface area (Å²) in [5.74, 6) is 0.601. The average molecular weight is 409 g/mol. The second kappa shape index (κ2) is 7.53. The van der Waals surface area contributed by atoms with E-state index >= 15 is 0 Å². The number of aromatic nitrogens is 3. The van der Waals surface area contributed by atoms with E-state index in [1.165, 1.54) is 6.42 Å². The number of pyridine rings is 1. The molecule has 0 saturated heterocycles. The zero-order valence-electron chi connectivity index (χ0n) is 16.3. The van der Waals surface area contributed by atoms with Gasteiger partial charge in [-0.2, -0.15) is 0 Å². The molecule has 1 saturated carbocycles. The molecule has 1 aromatic carbocycles. The summed E-state index contributed by atoms with van der Waals surface area (Å²) in [7, 11) is 1.93. The van der Waals surface area contributed by atoms with Gasteiger partial charge in [0.25, 0.3) is 5.56 Å². The van der Waals surface area contributed by atoms with Crippen molar-refractivity contribution in [2.45, 2.75) is 25.3 Å². The Bertz CT molecular complexity index is 1220. The Morgan fingerprint density at radius 2 is 2.07 bits per heavy atom. The summed E-state index contributed by atoms with van der Waals surface area (Å²) in [5.41, 5.74) is 5.01. The number of imidazole rings is 1. The molecule has 5 rings (SSSR count). The lowest BCUT2D eigenvalue weighted by atomic mass is 9.92. The predicted octanol–water partition coefficient (Wildman–Crippen LogP) is 3.73. The molecule has 5 N–H and O–H groups in total. The summed E-state index contributed by atoms with van der Waals surface area (Å²) >= 11 is 1.59. The fraction of sp³-hybridized carbons (Fsp3) is 0.333. The van der Waals surface area contributed by atoms with Gasteiger partial charge < -0.3 is 25.9 Å². The lowest BCUT2D eigenvalue weighted by Crippen LogP contribution is -2.28. The van der Waals surface area contributed by atoms with Crippen LogP contribution < -0.4 is 21.5 Å². The van der Waals surface area contributed by atoms with Crippen LogP contribution in [0.15, 0.2) is 33.8 Å². The van der Waals surface area contributed by atoms with Gasteiger partial charge in [0, 0.05) is 41.0 Å². The first-order valence-corrected chi connectivity index (χ1v) is 10.9. The van der Waals surface area contributed by atoms with E-state index in [4.69, 9.17) is 4.98 Å². The number of hydrogen-bond acceptors (Lipinski definition) is 6. The standard InChI is InChI=1S/C21H24N6OS/c1-22-7-8-23-13-5-6-15-16(9-13)26-20(25-15)18-19(24-12-3-2-4-12)14-10-29-11-17(14)27-21(18)28/h5-6,9-12,22-24H,2-4,7-8H2,1H3,(H,25,26)(H,27,28). The van der Waals surface area contributed by atoms with Crippen molar-refractivity contribution in [3.05, 3.63) is 39.3 Å². The smallest absolute Gasteiger partial charge is 0.261 e. The van der Waals surface area contributed by atoms with Crippen molar-refractivity contribution in [3.63, 3.8) is 0 Å². The first-order valence-electron chi connectivity index (χ1n) is 10.0. The van der Waals surface area contributed by atoms with Gasteiger partial charge in [-0.05, 0) is 44.5 Å². The third-order valence-electron chi connectivity index (χ3n) is 5.53. The van der Waals surface area contributed by atoms with Crippen LogP contribution in [0, 0.1) is 0 Å². The number of aromatic amines is 2. The highest BCUT2D eigenvalue weighted by Crippen LogP contribution is 2.35. The first-order chi connectivity index (χ1) is 14.2. The monoisotopic (exact) mass is 408 g/mol. The minimum atomic E-state index is -0.121. The van der Waals surface area contributed by atoms with Crippen molar-refractivity contribution in [2.24, 2.45) is 0 Å². The third-order valence-corrected chi connectivity index (χ3v) is 6.28. The van der Waals surface area contributed by atoms with Gasteiger partial charge in [-0.3, -0.25) is 4.79 Å². The summed E-state index contributed by atoms with van der Waals surface area (Å²) in [6, 6.07) is 6.46. The van der Waals surface area contributed by atoms with E-state index in [2.05, 4.69) is 31.3 Å². The number of benzene rings is 1. The minimum Gasteiger partial charge on any atom is -0.384 e. The summed E-state index contributed by atoms with van der Waals surface area (Å²) in [5, 5.41) is 15.2. The van der Waals surface area contributed by atoms with Crippen LogP contribution in [0.2, 0.25) is 0 Å². The Hall–Kier alpha value is -2.84. The fourth-order valence-electron chi connectivity index (χ4n) is 3.72. The van der Waals surface area contributed by atoms with Crippen molar-refractivity contribution in [1.29, 1.82) is 0 Å². The highest BCUT2D eigenvalue weighted by Gasteiger charge is 2.23. The number of nitrogens with zero attached hydrogens (tertiary/aromatic N) is 1. The molecule has 0 aliphatic heterocycles. The first kappa shape index (κ1) is 18.2. The van der Waals surface area contributed by atoms with E-state index in [-0.39, 0.29) is 5.56 Å². The molecule has 150 valence electrons. The molecule has 1 aliphatic carbocycles. The van der Waals surface area contributed by atoms with Crippen molar-refractivity contribution < 1.29 is 0 Å². The molecule has 7 nitrogen and oxygen atoms in total. The van der Waals surface area contributed by atoms with Crippen LogP contribution in [0.4, 0.5) is 11.4 Å². The van der Waals surface area contributed by atoms with E-state index in [9.17, 15) is 4.79 Å². The van der Waals surface area contributed by atoms with Crippen molar-refractivity contribution in [3.8, 4) is 11.4 Å². The van der Waals surface area contributed by atoms with Crippen molar-refractivity contribution in [2.75, 3.05) is 30.8 Å². The molecule has 8 heteroatoms. The number of fused-ring (bicyclic) bond motifs is 2. The van der Waals surface area contributed by atoms with Gasteiger partial charge in [-0.25, -0.2) is 4.98 Å². The number of anilines is 2. The second-order valence-electron chi connectivity index (χ2n) is 7.52. The lowest BCUT2D eigenvalue weighted by molar-refractivity contribution is 0.446. The van der Waals surface area contributed by atoms with Crippen LogP contribution >= 0.6 is 11.3 Å². The Morgan fingerprint density at radius 3 is 2.86 bits per heavy atom. The molecule has 0 radical (unpaired) electrons. The maximum absolute atomic E-state index is 13.0. The molecular formula is C21H24N6OS. The molecule has 0 atom stereocenters. The highest BCUT2D eigenvalue weighted by atomic mass is 32.1. The normalized spacial score (nSPS) is 14.4. The zero-order valence-corrected chi connectivity index (χ0v) is 17.1. The van der Waals surface area contributed by atoms with Crippen molar-refractivity contribution >= 4 is 44.6 Å². The molecule has 0 unspecified atom stereocenters. The molecule has 0 spiro atoms. The summed E-state index contributed by atoms with van der Waals surface area (Å²) < 4.78 is 0. The Morgan fingerprint density at radius 1 is 1.17 bits per heavy atom. The van der Waals surface area contributed by atoms with Gasteiger partial charge in [-0.1, -0.05) is 0 Å². The van der Waals surface area contributed by atoms with Crippen LogP contribution in [0.3, 0.4) is 0 Å². The second-order valence-corrected chi connectivity index (χ2v) is 8.27. The topological polar surface area (TPSA) is 97.6 Å². The van der Waals surface area contributed by atoms with Gasteiger partial charge >= 0.3 is 0 Å². The van der Waals surface area contributed by atoms with E-state index in [0.717, 1.165) is 59.2 Å². The Labute approximate surface area is 172 Å². The zero-order chi connectivity index (χ0) is 19.8. The molecule has 3 heterocycles. The molecule has 0 bridgehead atoms. The average Bonchev–Trinajstić information content (AvgIpc) is 3.30. The van der Waals surface area contributed by atoms with Gasteiger partial charge in [-0.15, -0.1) is 11.3 Å². The SMILES string of the molecule is CNCCNc1ccc2nc(-c3c(NC4CCC4)c4cscc4[nH]c3=O)[nH]c2c1. The van der Waals surface area contributed by atoms with Crippen LogP contribution in [-0.4, -0.2) is 41.1 Å². The van der Waals surface area contributed by atoms with E-state index in [1.54, 1.807) is 11.3 Å². The number of thiophene rings is 1. The quantitative estimate of drug-likeness (QED) is 0.300. The Kier molecular flexibility index (Phi) is 4.73. The van der Waals surface area contributed by atoms with Crippen LogP contribution in [-0.2, 0) is 0 Å². The molecule has 3 aromatic heterocycles. The number of rotatable bonds is 7. The van der Waals surface area contributed by atoms with Gasteiger partial charge in [0.05, 0.1) is 22.2 Å². The summed E-state index contributed by atoms with van der Waals surface area (Å²) in [4.78, 5) is 24.1. The lowest BCUT2D eigenvalue weighted by Gasteiger charge is -2.28. The largest absolute Gasteiger partial charge is 0.384 e. The maximum Gasteiger partial charge on any atom is 0.261 e. The molecular weight excluding hydrogens is 384 g/mol. The molecule has 4 aromatic rings. The highest BCUT2D eigenvalue weighted by molar-refractivity contribution is 7.09. The molecule has 1 fully saturated rings. The number of likely N-dealkylation sites (N-methyl/N-ethyl adjacent to an activating group) is 1. The number of H-pyrrole nitrogens is 2. The van der Waals surface area contributed by atoms with Crippen LogP contribution in [0.5, 0.6) is 0 Å². The maximum atomic E-state index is 13.0. The Balaban J connectivity index is 1.59. The van der Waals surface area contributed by atoms with E-state index in [0.29, 0.717) is 17.4 Å². The summed E-state index contributed by atoms with van der Waals surface area (Å²) in [6.07, 6.45) is 3.51. The van der Waals surface area contributed by atoms with Gasteiger partial charge in [0.2, 0.25) is 0 Å². The number of nitrogens with one attached hydrogen (secondary N) is 5. The third kappa shape index (κ3) is 3.38. The number of hydrogen-bond donors (Lipinski definition) is 5. The van der Waals surface area contributed by atoms with E-state index < -0.39 is 0 Å². The summed E-state index contributed by atoms with van der Waals surface area (Å²) in [6.45, 7) is 1.73. The molecule has 1 aliphatic rings. The van der Waals surface area contributed by atoms with Crippen LogP contribution in [0.1, 0.15) is 19.3 Å². The van der Waals surface area contributed by atoms with Gasteiger partial charge in [0.1, 0.15) is 11.4 Å². The predicted molar refractivity (Wildman–Crippen MR) is 121 cm³/mol. The minimum absolute atomic E-state index is 0.121. The van der Waals surface area contributed by atoms with Gasteiger partial charge in [0.15, 0.2) is 0 Å². The fourth-order valence-corrected chi connectivity index (χ4v) is 4.49. The molecule has 0 amide bonds. The van der Waals surface area contributed by atoms with Crippen molar-refractivity contribution in [1.82, 2.24) is 20.3 Å². The van der Waals surface area contributed by atoms with Crippen LogP contribution in [0.25, 0.3) is 33.3 Å². The van der Waals surface area contributed by atoms with E-state index in [1.807, 2.05) is 30.6 Å². The molecule has 29 heavy (non-hydrogen) atoms.